The lowest BCUT2D eigenvalue weighted by atomic mass is 9.72. The Bertz CT molecular complexity index is 541. The molecule has 0 aromatic carbocycles. The van der Waals surface area contributed by atoms with Gasteiger partial charge < -0.3 is 11.5 Å². The van der Waals surface area contributed by atoms with Crippen molar-refractivity contribution in [3.05, 3.63) is 16.0 Å². The third-order valence-corrected chi connectivity index (χ3v) is 5.29. The average Bonchev–Trinajstić information content (AvgIpc) is 2.83. The number of fused-ring (bicyclic) bond motifs is 1. The monoisotopic (exact) mass is 264 g/mol. The van der Waals surface area contributed by atoms with Gasteiger partial charge in [0.2, 0.25) is 0 Å². The number of primary amides is 1. The Morgan fingerprint density at radius 2 is 1.89 bits per heavy atom. The van der Waals surface area contributed by atoms with Crippen LogP contribution in [0.1, 0.15) is 57.7 Å². The van der Waals surface area contributed by atoms with E-state index in [9.17, 15) is 9.59 Å². The number of nitrogens with two attached hydrogens (primary N) is 2. The van der Waals surface area contributed by atoms with Gasteiger partial charge in [-0.2, -0.15) is 0 Å². The lowest BCUT2D eigenvalue weighted by molar-refractivity contribution is 0.0880. The van der Waals surface area contributed by atoms with Crippen LogP contribution in [0.2, 0.25) is 0 Å². The molecule has 0 atom stereocenters. The Kier molecular flexibility index (Phi) is 2.48. The van der Waals surface area contributed by atoms with E-state index in [4.69, 9.17) is 11.5 Å². The molecule has 4 N–H and O–H groups in total. The lowest BCUT2D eigenvalue weighted by Crippen LogP contribution is -2.30. The van der Waals surface area contributed by atoms with Gasteiger partial charge in [0.05, 0.1) is 10.6 Å². The van der Waals surface area contributed by atoms with Gasteiger partial charge in [0.25, 0.3) is 5.91 Å². The molecule has 96 valence electrons. The van der Waals surface area contributed by atoms with E-state index < -0.39 is 5.91 Å². The molecule has 18 heavy (non-hydrogen) atoms. The topological polar surface area (TPSA) is 86.2 Å². The van der Waals surface area contributed by atoms with Gasteiger partial charge in [-0.25, -0.2) is 0 Å². The van der Waals surface area contributed by atoms with E-state index in [1.165, 1.54) is 24.2 Å². The molecule has 5 heteroatoms. The van der Waals surface area contributed by atoms with E-state index in [2.05, 4.69) is 0 Å². The standard InChI is InChI=1S/C13H16N2O2S/c14-11(17)10-9-7(16)5-13(3-1-2-4-13)6-8(9)18-12(10)15/h1-6,15H2,(H2,14,17). The quantitative estimate of drug-likeness (QED) is 0.814. The maximum Gasteiger partial charge on any atom is 0.252 e. The molecular formula is C13H16N2O2S. The number of thiophene rings is 1. The van der Waals surface area contributed by atoms with Crippen LogP contribution < -0.4 is 11.5 Å². The third-order valence-electron chi connectivity index (χ3n) is 4.27. The summed E-state index contributed by atoms with van der Waals surface area (Å²) in [5, 5.41) is 0.399. The van der Waals surface area contributed by atoms with Gasteiger partial charge in [0, 0.05) is 16.9 Å². The van der Waals surface area contributed by atoms with Crippen LogP contribution in [-0.4, -0.2) is 11.7 Å². The second kappa shape index (κ2) is 3.82. The summed E-state index contributed by atoms with van der Waals surface area (Å²) in [7, 11) is 0. The van der Waals surface area contributed by atoms with Crippen molar-refractivity contribution in [3.8, 4) is 0 Å². The van der Waals surface area contributed by atoms with Crippen LogP contribution in [0.5, 0.6) is 0 Å². The van der Waals surface area contributed by atoms with Crippen LogP contribution >= 0.6 is 11.3 Å². The molecule has 0 bridgehead atoms. The summed E-state index contributed by atoms with van der Waals surface area (Å²) in [6, 6.07) is 0. The molecule has 2 aliphatic rings. The Morgan fingerprint density at radius 1 is 1.22 bits per heavy atom. The molecule has 2 aliphatic carbocycles. The molecule has 1 amide bonds. The van der Waals surface area contributed by atoms with E-state index in [1.54, 1.807) is 0 Å². The zero-order chi connectivity index (χ0) is 12.9. The molecule has 1 heterocycles. The highest BCUT2D eigenvalue weighted by molar-refractivity contribution is 7.16. The van der Waals surface area contributed by atoms with Gasteiger partial charge in [-0.05, 0) is 24.7 Å². The van der Waals surface area contributed by atoms with Crippen LogP contribution in [-0.2, 0) is 6.42 Å². The fraction of sp³-hybridized carbons (Fsp3) is 0.538. The van der Waals surface area contributed by atoms with Crippen LogP contribution in [0.3, 0.4) is 0 Å². The Balaban J connectivity index is 2.09. The summed E-state index contributed by atoms with van der Waals surface area (Å²) < 4.78 is 0. The zero-order valence-corrected chi connectivity index (χ0v) is 10.9. The summed E-state index contributed by atoms with van der Waals surface area (Å²) in [6.07, 6.45) is 6.06. The molecule has 1 aromatic heterocycles. The summed E-state index contributed by atoms with van der Waals surface area (Å²) in [5.41, 5.74) is 12.1. The number of Topliss-reactive ketones (excluding diaryl/α,β-unsaturated/α-hetero) is 1. The highest BCUT2D eigenvalue weighted by Gasteiger charge is 2.43. The van der Waals surface area contributed by atoms with E-state index in [0.29, 0.717) is 17.0 Å². The number of carbonyl (C=O) groups excluding carboxylic acids is 2. The molecule has 1 saturated carbocycles. The molecular weight excluding hydrogens is 248 g/mol. The van der Waals surface area contributed by atoms with Crippen molar-refractivity contribution in [2.45, 2.75) is 38.5 Å². The smallest absolute Gasteiger partial charge is 0.252 e. The van der Waals surface area contributed by atoms with Gasteiger partial charge in [-0.3, -0.25) is 9.59 Å². The van der Waals surface area contributed by atoms with Gasteiger partial charge in [-0.15, -0.1) is 11.3 Å². The number of ketones is 1. The fourth-order valence-electron chi connectivity index (χ4n) is 3.47. The second-order valence-electron chi connectivity index (χ2n) is 5.49. The number of hydrogen-bond acceptors (Lipinski definition) is 4. The molecule has 1 spiro atoms. The number of anilines is 1. The first kappa shape index (κ1) is 11.7. The summed E-state index contributed by atoms with van der Waals surface area (Å²) in [4.78, 5) is 24.7. The molecule has 0 unspecified atom stereocenters. The maximum atomic E-state index is 12.3. The Hall–Kier alpha value is -1.36. The van der Waals surface area contributed by atoms with Crippen molar-refractivity contribution in [2.24, 2.45) is 11.1 Å². The summed E-state index contributed by atoms with van der Waals surface area (Å²) >= 11 is 1.37. The van der Waals surface area contributed by atoms with E-state index in [0.717, 1.165) is 24.1 Å². The SMILES string of the molecule is NC(=O)c1c(N)sc2c1C(=O)CC1(CCCC1)C2. The first-order chi connectivity index (χ1) is 8.52. The predicted molar refractivity (Wildman–Crippen MR) is 70.8 cm³/mol. The van der Waals surface area contributed by atoms with Crippen molar-refractivity contribution in [1.82, 2.24) is 0 Å². The number of nitrogen functional groups attached to an aromatic ring is 1. The normalized spacial score (nSPS) is 21.2. The van der Waals surface area contributed by atoms with Crippen molar-refractivity contribution < 1.29 is 9.59 Å². The zero-order valence-electron chi connectivity index (χ0n) is 10.1. The number of carbonyl (C=O) groups is 2. The highest BCUT2D eigenvalue weighted by Crippen LogP contribution is 2.50. The van der Waals surface area contributed by atoms with Gasteiger partial charge in [-0.1, -0.05) is 12.8 Å². The summed E-state index contributed by atoms with van der Waals surface area (Å²) in [5.74, 6) is -0.527. The molecule has 1 fully saturated rings. The van der Waals surface area contributed by atoms with Gasteiger partial charge >= 0.3 is 0 Å². The van der Waals surface area contributed by atoms with Crippen LogP contribution in [0.25, 0.3) is 0 Å². The molecule has 0 saturated heterocycles. The number of amides is 1. The molecule has 0 radical (unpaired) electrons. The average molecular weight is 264 g/mol. The molecule has 1 aromatic rings. The van der Waals surface area contributed by atoms with E-state index in [1.807, 2.05) is 0 Å². The largest absolute Gasteiger partial charge is 0.390 e. The van der Waals surface area contributed by atoms with Crippen molar-refractivity contribution >= 4 is 28.0 Å². The minimum atomic E-state index is -0.583. The molecule has 0 aliphatic heterocycles. The van der Waals surface area contributed by atoms with Crippen LogP contribution in [0, 0.1) is 5.41 Å². The van der Waals surface area contributed by atoms with Gasteiger partial charge in [0.1, 0.15) is 0 Å². The van der Waals surface area contributed by atoms with Crippen molar-refractivity contribution in [3.63, 3.8) is 0 Å². The van der Waals surface area contributed by atoms with Crippen LogP contribution in [0.4, 0.5) is 5.00 Å². The first-order valence-electron chi connectivity index (χ1n) is 6.27. The minimum Gasteiger partial charge on any atom is -0.390 e. The minimum absolute atomic E-state index is 0.0555. The van der Waals surface area contributed by atoms with Gasteiger partial charge in [0.15, 0.2) is 5.78 Å². The lowest BCUT2D eigenvalue weighted by Gasteiger charge is -2.32. The Labute approximate surface area is 109 Å². The second-order valence-corrected chi connectivity index (χ2v) is 6.62. The maximum absolute atomic E-state index is 12.3. The third kappa shape index (κ3) is 1.57. The van der Waals surface area contributed by atoms with Crippen molar-refractivity contribution in [1.29, 1.82) is 0 Å². The predicted octanol–water partition coefficient (Wildman–Crippen LogP) is 2.12. The van der Waals surface area contributed by atoms with Crippen molar-refractivity contribution in [2.75, 3.05) is 5.73 Å². The fourth-order valence-corrected chi connectivity index (χ4v) is 4.74. The Morgan fingerprint density at radius 3 is 2.50 bits per heavy atom. The molecule has 3 rings (SSSR count). The summed E-state index contributed by atoms with van der Waals surface area (Å²) in [6.45, 7) is 0. The van der Waals surface area contributed by atoms with E-state index in [-0.39, 0.29) is 16.8 Å². The first-order valence-corrected chi connectivity index (χ1v) is 7.08. The highest BCUT2D eigenvalue weighted by atomic mass is 32.1. The van der Waals surface area contributed by atoms with Crippen LogP contribution in [0.15, 0.2) is 0 Å². The molecule has 4 nitrogen and oxygen atoms in total. The number of hydrogen-bond donors (Lipinski definition) is 2. The number of rotatable bonds is 1. The van der Waals surface area contributed by atoms with E-state index >= 15 is 0 Å².